The molecule has 1 aliphatic rings. The molecule has 1 unspecified atom stereocenters. The lowest BCUT2D eigenvalue weighted by atomic mass is 10.0. The highest BCUT2D eigenvalue weighted by Gasteiger charge is 2.17. The number of ether oxygens (including phenoxy) is 1. The molecule has 1 atom stereocenters. The second-order valence-corrected chi connectivity index (χ2v) is 11.8. The molecular formula is C33H37FN6O5S. The molecular weight excluding hydrogens is 611 g/mol. The van der Waals surface area contributed by atoms with Crippen LogP contribution in [0.5, 0.6) is 5.75 Å². The second-order valence-electron chi connectivity index (χ2n) is 10.9. The Morgan fingerprint density at radius 1 is 0.978 bits per heavy atom. The van der Waals surface area contributed by atoms with Gasteiger partial charge in [0, 0.05) is 54.5 Å². The van der Waals surface area contributed by atoms with Crippen LogP contribution in [0.1, 0.15) is 60.3 Å². The summed E-state index contributed by atoms with van der Waals surface area (Å²) in [4.78, 5) is 17.1. The summed E-state index contributed by atoms with van der Waals surface area (Å²) >= 11 is 0. The number of carbonyl (C=O) groups is 1. The standard InChI is InChI=1S/C33H37FN6O5S/c34-46(42,43)45-30-15-7-6-10-27(30)23-37-33(41)26-11-8-12-28(22-26)36-24-31-38-39-32(25-16-18-35-19-17-25)40(31)20-9-21-44-29-13-4-2-1-3-5-14-29/h1-2,6-8,10-12,15-19,22,29,36H,3-5,9,13-14,20-21,23-24H2,(H,37,41)/b2-1-. The van der Waals surface area contributed by atoms with Gasteiger partial charge in [0.2, 0.25) is 0 Å². The summed E-state index contributed by atoms with van der Waals surface area (Å²) in [6.07, 6.45) is 14.5. The van der Waals surface area contributed by atoms with Gasteiger partial charge >= 0.3 is 10.5 Å². The molecule has 4 aromatic rings. The minimum atomic E-state index is -5.20. The molecule has 2 heterocycles. The number of carbonyl (C=O) groups excluding carboxylic acids is 1. The molecule has 242 valence electrons. The number of nitrogens with zero attached hydrogens (tertiary/aromatic N) is 4. The van der Waals surface area contributed by atoms with E-state index >= 15 is 0 Å². The van der Waals surface area contributed by atoms with Gasteiger partial charge in [-0.2, -0.15) is 8.42 Å². The number of anilines is 1. The number of halogens is 1. The minimum absolute atomic E-state index is 0.0649. The number of nitrogens with one attached hydrogen (secondary N) is 2. The molecule has 2 N–H and O–H groups in total. The van der Waals surface area contributed by atoms with E-state index in [1.54, 1.807) is 36.7 Å². The molecule has 46 heavy (non-hydrogen) atoms. The molecule has 1 amide bonds. The third-order valence-corrected chi connectivity index (χ3v) is 7.92. The van der Waals surface area contributed by atoms with Gasteiger partial charge in [-0.1, -0.05) is 40.3 Å². The Bertz CT molecular complexity index is 1730. The number of aromatic nitrogens is 4. The summed E-state index contributed by atoms with van der Waals surface area (Å²) in [7, 11) is -5.20. The first kappa shape index (κ1) is 32.8. The normalized spacial score (nSPS) is 15.8. The maximum atomic E-state index is 13.1. The van der Waals surface area contributed by atoms with Crippen LogP contribution in [0.4, 0.5) is 9.57 Å². The van der Waals surface area contributed by atoms with Crippen LogP contribution in [0.25, 0.3) is 11.4 Å². The van der Waals surface area contributed by atoms with Gasteiger partial charge in [0.05, 0.1) is 12.6 Å². The Kier molecular flexibility index (Phi) is 11.5. The second kappa shape index (κ2) is 16.1. The Hall–Kier alpha value is -4.62. The molecule has 1 aliphatic carbocycles. The van der Waals surface area contributed by atoms with Gasteiger partial charge in [-0.15, -0.1) is 10.2 Å². The molecule has 5 rings (SSSR count). The van der Waals surface area contributed by atoms with Crippen LogP contribution in [0.15, 0.2) is 85.2 Å². The van der Waals surface area contributed by atoms with Crippen LogP contribution in [0.3, 0.4) is 0 Å². The third kappa shape index (κ3) is 9.69. The summed E-state index contributed by atoms with van der Waals surface area (Å²) in [6.45, 7) is 1.62. The van der Waals surface area contributed by atoms with Crippen molar-refractivity contribution in [3.8, 4) is 17.1 Å². The van der Waals surface area contributed by atoms with E-state index in [0.717, 1.165) is 55.7 Å². The van der Waals surface area contributed by atoms with Gasteiger partial charge in [0.15, 0.2) is 11.6 Å². The highest BCUT2D eigenvalue weighted by atomic mass is 32.3. The molecule has 0 bridgehead atoms. The van der Waals surface area contributed by atoms with Crippen LogP contribution in [-0.4, -0.2) is 46.8 Å². The highest BCUT2D eigenvalue weighted by molar-refractivity contribution is 7.81. The lowest BCUT2D eigenvalue weighted by Crippen LogP contribution is -2.23. The zero-order valence-electron chi connectivity index (χ0n) is 25.3. The molecule has 13 heteroatoms. The van der Waals surface area contributed by atoms with Crippen molar-refractivity contribution in [2.75, 3.05) is 11.9 Å². The van der Waals surface area contributed by atoms with E-state index in [4.69, 9.17) is 4.74 Å². The number of allylic oxidation sites excluding steroid dienone is 2. The van der Waals surface area contributed by atoms with Gasteiger partial charge in [-0.3, -0.25) is 9.78 Å². The fraction of sp³-hybridized carbons (Fsp3) is 0.333. The van der Waals surface area contributed by atoms with E-state index in [2.05, 4.69) is 46.7 Å². The van der Waals surface area contributed by atoms with Gasteiger partial charge < -0.3 is 24.1 Å². The molecule has 0 fully saturated rings. The summed E-state index contributed by atoms with van der Waals surface area (Å²) in [5, 5.41) is 15.0. The summed E-state index contributed by atoms with van der Waals surface area (Å²) < 4.78 is 47.7. The zero-order valence-corrected chi connectivity index (χ0v) is 26.2. The predicted octanol–water partition coefficient (Wildman–Crippen LogP) is 5.77. The topological polar surface area (TPSA) is 137 Å². The van der Waals surface area contributed by atoms with Crippen molar-refractivity contribution in [3.05, 3.63) is 102 Å². The van der Waals surface area contributed by atoms with Crippen LogP contribution in [0.2, 0.25) is 0 Å². The third-order valence-electron chi connectivity index (χ3n) is 7.54. The van der Waals surface area contributed by atoms with Gasteiger partial charge in [0.1, 0.15) is 5.75 Å². The van der Waals surface area contributed by atoms with Crippen LogP contribution in [0, 0.1) is 0 Å². The van der Waals surface area contributed by atoms with Crippen LogP contribution in [-0.2, 0) is 34.9 Å². The number of hydrogen-bond acceptors (Lipinski definition) is 9. The smallest absolute Gasteiger partial charge is 0.378 e. The van der Waals surface area contributed by atoms with E-state index in [-0.39, 0.29) is 18.4 Å². The van der Waals surface area contributed by atoms with Gasteiger partial charge in [0.25, 0.3) is 5.91 Å². The van der Waals surface area contributed by atoms with E-state index < -0.39 is 16.4 Å². The lowest BCUT2D eigenvalue weighted by Gasteiger charge is -2.19. The summed E-state index contributed by atoms with van der Waals surface area (Å²) in [6, 6.07) is 16.7. The number of benzene rings is 2. The average molecular weight is 649 g/mol. The van der Waals surface area contributed by atoms with Crippen molar-refractivity contribution < 1.29 is 26.0 Å². The maximum Gasteiger partial charge on any atom is 0.488 e. The predicted molar refractivity (Wildman–Crippen MR) is 172 cm³/mol. The van der Waals surface area contributed by atoms with Gasteiger partial charge in [-0.05, 0) is 74.9 Å². The number of amides is 1. The Balaban J connectivity index is 1.21. The summed E-state index contributed by atoms with van der Waals surface area (Å²) in [5.41, 5.74) is 2.29. The molecule has 0 radical (unpaired) electrons. The quantitative estimate of drug-likeness (QED) is 0.0992. The first-order valence-electron chi connectivity index (χ1n) is 15.3. The van der Waals surface area contributed by atoms with E-state index in [1.165, 1.54) is 18.2 Å². The summed E-state index contributed by atoms with van der Waals surface area (Å²) in [5.74, 6) is 0.884. The largest absolute Gasteiger partial charge is 0.488 e. The number of hydrogen-bond donors (Lipinski definition) is 2. The maximum absolute atomic E-state index is 13.1. The highest BCUT2D eigenvalue weighted by Crippen LogP contribution is 2.22. The Morgan fingerprint density at radius 3 is 2.65 bits per heavy atom. The van der Waals surface area contributed by atoms with Crippen molar-refractivity contribution in [2.45, 2.75) is 64.3 Å². The number of rotatable bonds is 14. The molecule has 2 aromatic carbocycles. The fourth-order valence-electron chi connectivity index (χ4n) is 5.25. The first-order valence-corrected chi connectivity index (χ1v) is 16.6. The average Bonchev–Trinajstić information content (AvgIpc) is 3.44. The molecule has 11 nitrogen and oxygen atoms in total. The van der Waals surface area contributed by atoms with Crippen LogP contribution >= 0.6 is 0 Å². The first-order chi connectivity index (χ1) is 22.4. The molecule has 0 saturated carbocycles. The number of para-hydroxylation sites is 1. The van der Waals surface area contributed by atoms with E-state index in [9.17, 15) is 17.1 Å². The van der Waals surface area contributed by atoms with Gasteiger partial charge in [-0.25, -0.2) is 0 Å². The number of pyridine rings is 1. The molecule has 0 aliphatic heterocycles. The monoisotopic (exact) mass is 648 g/mol. The van der Waals surface area contributed by atoms with Crippen molar-refractivity contribution in [3.63, 3.8) is 0 Å². The molecule has 0 saturated heterocycles. The Morgan fingerprint density at radius 2 is 1.80 bits per heavy atom. The Labute approximate surface area is 268 Å². The van der Waals surface area contributed by atoms with E-state index in [1.807, 2.05) is 18.2 Å². The fourth-order valence-corrected chi connectivity index (χ4v) is 5.63. The van der Waals surface area contributed by atoms with Crippen molar-refractivity contribution in [2.24, 2.45) is 0 Å². The van der Waals surface area contributed by atoms with Crippen molar-refractivity contribution >= 4 is 22.1 Å². The molecule has 0 spiro atoms. The SMILES string of the molecule is O=C(NCc1ccccc1OS(=O)(=O)F)c1cccc(NCc2nnc(-c3ccncc3)n2CCCOC2CC/C=C\CCC2)c1. The lowest BCUT2D eigenvalue weighted by molar-refractivity contribution is 0.0374. The minimum Gasteiger partial charge on any atom is -0.378 e. The van der Waals surface area contributed by atoms with Crippen molar-refractivity contribution in [1.82, 2.24) is 25.1 Å². The van der Waals surface area contributed by atoms with E-state index in [0.29, 0.717) is 36.5 Å². The zero-order chi connectivity index (χ0) is 32.2. The van der Waals surface area contributed by atoms with Crippen LogP contribution < -0.4 is 14.8 Å². The molecule has 2 aromatic heterocycles. The van der Waals surface area contributed by atoms with Crippen molar-refractivity contribution in [1.29, 1.82) is 0 Å².